The molecule has 0 aromatic heterocycles. The molecule has 3 amide bonds. The van der Waals surface area contributed by atoms with Crippen molar-refractivity contribution in [3.8, 4) is 0 Å². The number of nitrogens with one attached hydrogen (secondary N) is 1. The molecule has 2 rings (SSSR count). The van der Waals surface area contributed by atoms with E-state index in [-0.39, 0.29) is 30.3 Å². The molecule has 3 N–H and O–H groups in total. The number of imide groups is 1. The summed E-state index contributed by atoms with van der Waals surface area (Å²) >= 11 is 0. The Morgan fingerprint density at radius 1 is 1.38 bits per heavy atom. The van der Waals surface area contributed by atoms with Crippen molar-refractivity contribution < 1.29 is 14.4 Å². The summed E-state index contributed by atoms with van der Waals surface area (Å²) < 4.78 is 0. The molecule has 1 heterocycles. The van der Waals surface area contributed by atoms with E-state index in [9.17, 15) is 14.4 Å². The van der Waals surface area contributed by atoms with E-state index in [1.165, 1.54) is 4.90 Å². The lowest BCUT2D eigenvalue weighted by Crippen LogP contribution is -2.66. The molecule has 1 aliphatic carbocycles. The molecule has 3 unspecified atom stereocenters. The Morgan fingerprint density at radius 3 is 2.67 bits per heavy atom. The molecule has 1 saturated heterocycles. The van der Waals surface area contributed by atoms with Crippen LogP contribution >= 0.6 is 0 Å². The first-order valence-electron chi connectivity index (χ1n) is 7.65. The summed E-state index contributed by atoms with van der Waals surface area (Å²) in [5.74, 6) is -0.936. The van der Waals surface area contributed by atoms with E-state index in [0.29, 0.717) is 0 Å². The zero-order valence-corrected chi connectivity index (χ0v) is 13.0. The number of hydrogen-bond donors (Lipinski definition) is 2. The molecule has 6 heteroatoms. The number of carbonyl (C=O) groups is 3. The van der Waals surface area contributed by atoms with Gasteiger partial charge in [0.25, 0.3) is 5.91 Å². The van der Waals surface area contributed by atoms with E-state index < -0.39 is 17.4 Å². The lowest BCUT2D eigenvalue weighted by Gasteiger charge is -2.43. The number of nitrogens with two attached hydrogens (primary N) is 1. The fourth-order valence-corrected chi connectivity index (χ4v) is 3.30. The number of amides is 3. The topological polar surface area (TPSA) is 92.5 Å². The van der Waals surface area contributed by atoms with Crippen LogP contribution in [-0.2, 0) is 14.4 Å². The molecule has 2 aliphatic rings. The minimum atomic E-state index is -0.990. The van der Waals surface area contributed by atoms with Crippen LogP contribution in [0.25, 0.3) is 0 Å². The SMILES string of the molecule is CC(C(=O)N1CC(=O)NC(=O)C1(C)C)C1CCCC(N)C1. The van der Waals surface area contributed by atoms with Crippen LogP contribution in [-0.4, -0.2) is 40.7 Å². The van der Waals surface area contributed by atoms with Crippen LogP contribution in [0.2, 0.25) is 0 Å². The van der Waals surface area contributed by atoms with Gasteiger partial charge in [-0.2, -0.15) is 0 Å². The number of hydrogen-bond acceptors (Lipinski definition) is 4. The Bertz CT molecular complexity index is 461. The molecule has 21 heavy (non-hydrogen) atoms. The second-order valence-electron chi connectivity index (χ2n) is 6.84. The smallest absolute Gasteiger partial charge is 0.252 e. The molecule has 1 saturated carbocycles. The monoisotopic (exact) mass is 295 g/mol. The second-order valence-corrected chi connectivity index (χ2v) is 6.84. The fraction of sp³-hybridized carbons (Fsp3) is 0.800. The van der Waals surface area contributed by atoms with Crippen LogP contribution in [0, 0.1) is 11.8 Å². The normalized spacial score (nSPS) is 30.8. The predicted octanol–water partition coefficient (Wildman–Crippen LogP) is 0.404. The van der Waals surface area contributed by atoms with Gasteiger partial charge in [-0.25, -0.2) is 0 Å². The average molecular weight is 295 g/mol. The van der Waals surface area contributed by atoms with E-state index >= 15 is 0 Å². The first-order chi connectivity index (χ1) is 9.73. The van der Waals surface area contributed by atoms with Crippen LogP contribution in [0.1, 0.15) is 46.5 Å². The van der Waals surface area contributed by atoms with Crippen molar-refractivity contribution in [3.05, 3.63) is 0 Å². The Balaban J connectivity index is 2.13. The van der Waals surface area contributed by atoms with Gasteiger partial charge in [-0.05, 0) is 39.0 Å². The van der Waals surface area contributed by atoms with Crippen molar-refractivity contribution in [2.75, 3.05) is 6.54 Å². The molecule has 0 aromatic rings. The third kappa shape index (κ3) is 3.10. The van der Waals surface area contributed by atoms with Gasteiger partial charge in [0, 0.05) is 12.0 Å². The van der Waals surface area contributed by atoms with E-state index in [1.54, 1.807) is 13.8 Å². The minimum absolute atomic E-state index is 0.0549. The van der Waals surface area contributed by atoms with Crippen molar-refractivity contribution in [2.24, 2.45) is 17.6 Å². The Labute approximate surface area is 125 Å². The summed E-state index contributed by atoms with van der Waals surface area (Å²) in [6.07, 6.45) is 3.86. The number of carbonyl (C=O) groups excluding carboxylic acids is 3. The van der Waals surface area contributed by atoms with Gasteiger partial charge >= 0.3 is 0 Å². The Morgan fingerprint density at radius 2 is 2.05 bits per heavy atom. The number of rotatable bonds is 2. The molecular formula is C15H25N3O3. The maximum Gasteiger partial charge on any atom is 0.252 e. The largest absolute Gasteiger partial charge is 0.328 e. The molecular weight excluding hydrogens is 270 g/mol. The Kier molecular flexibility index (Phi) is 4.37. The lowest BCUT2D eigenvalue weighted by molar-refractivity contribution is -0.158. The summed E-state index contributed by atoms with van der Waals surface area (Å²) in [5, 5.41) is 2.29. The summed E-state index contributed by atoms with van der Waals surface area (Å²) in [7, 11) is 0. The van der Waals surface area contributed by atoms with Crippen LogP contribution in [0.15, 0.2) is 0 Å². The van der Waals surface area contributed by atoms with Gasteiger partial charge in [0.05, 0.1) is 0 Å². The second kappa shape index (κ2) is 5.75. The first kappa shape index (κ1) is 15.9. The van der Waals surface area contributed by atoms with Crippen LogP contribution in [0.3, 0.4) is 0 Å². The molecule has 0 radical (unpaired) electrons. The van der Waals surface area contributed by atoms with Gasteiger partial charge in [-0.15, -0.1) is 0 Å². The van der Waals surface area contributed by atoms with Crippen molar-refractivity contribution in [1.29, 1.82) is 0 Å². The highest BCUT2D eigenvalue weighted by atomic mass is 16.2. The van der Waals surface area contributed by atoms with Crippen LogP contribution in [0.4, 0.5) is 0 Å². The van der Waals surface area contributed by atoms with Gasteiger partial charge < -0.3 is 10.6 Å². The van der Waals surface area contributed by atoms with Crippen molar-refractivity contribution in [3.63, 3.8) is 0 Å². The zero-order valence-electron chi connectivity index (χ0n) is 13.0. The van der Waals surface area contributed by atoms with E-state index in [4.69, 9.17) is 5.73 Å². The molecule has 1 aliphatic heterocycles. The number of piperazine rings is 1. The average Bonchev–Trinajstić information content (AvgIpc) is 2.41. The van der Waals surface area contributed by atoms with Gasteiger partial charge in [-0.3, -0.25) is 19.7 Å². The number of nitrogens with zero attached hydrogens (tertiary/aromatic N) is 1. The first-order valence-corrected chi connectivity index (χ1v) is 7.65. The van der Waals surface area contributed by atoms with Crippen molar-refractivity contribution in [1.82, 2.24) is 10.2 Å². The lowest BCUT2D eigenvalue weighted by atomic mass is 9.77. The summed E-state index contributed by atoms with van der Waals surface area (Å²) in [6, 6.07) is 0.151. The summed E-state index contributed by atoms with van der Waals surface area (Å²) in [5.41, 5.74) is 5.01. The van der Waals surface area contributed by atoms with Crippen LogP contribution in [0.5, 0.6) is 0 Å². The molecule has 3 atom stereocenters. The van der Waals surface area contributed by atoms with E-state index in [0.717, 1.165) is 25.7 Å². The third-order valence-electron chi connectivity index (χ3n) is 4.90. The third-order valence-corrected chi connectivity index (χ3v) is 4.90. The van der Waals surface area contributed by atoms with Gasteiger partial charge in [0.1, 0.15) is 12.1 Å². The molecule has 6 nitrogen and oxygen atoms in total. The highest BCUT2D eigenvalue weighted by Crippen LogP contribution is 2.32. The highest BCUT2D eigenvalue weighted by Gasteiger charge is 2.45. The van der Waals surface area contributed by atoms with Crippen molar-refractivity contribution >= 4 is 17.7 Å². The van der Waals surface area contributed by atoms with Gasteiger partial charge in [-0.1, -0.05) is 13.3 Å². The molecule has 0 bridgehead atoms. The van der Waals surface area contributed by atoms with E-state index in [1.807, 2.05) is 6.92 Å². The maximum absolute atomic E-state index is 12.8. The minimum Gasteiger partial charge on any atom is -0.328 e. The molecule has 118 valence electrons. The quantitative estimate of drug-likeness (QED) is 0.721. The standard InChI is InChI=1S/C15H25N3O3/c1-9(10-5-4-6-11(16)7-10)13(20)18-8-12(19)17-14(21)15(18,2)3/h9-11H,4-8,16H2,1-3H3,(H,17,19,21). The Hall–Kier alpha value is -1.43. The zero-order chi connectivity index (χ0) is 15.8. The fourth-order valence-electron chi connectivity index (χ4n) is 3.30. The van der Waals surface area contributed by atoms with E-state index in [2.05, 4.69) is 5.32 Å². The van der Waals surface area contributed by atoms with Crippen molar-refractivity contribution in [2.45, 2.75) is 58.0 Å². The van der Waals surface area contributed by atoms with Gasteiger partial charge in [0.15, 0.2) is 0 Å². The predicted molar refractivity (Wildman–Crippen MR) is 78.0 cm³/mol. The summed E-state index contributed by atoms with van der Waals surface area (Å²) in [6.45, 7) is 5.18. The molecule has 2 fully saturated rings. The van der Waals surface area contributed by atoms with Crippen LogP contribution < -0.4 is 11.1 Å². The van der Waals surface area contributed by atoms with Gasteiger partial charge in [0.2, 0.25) is 11.8 Å². The maximum atomic E-state index is 12.8. The highest BCUT2D eigenvalue weighted by molar-refractivity contribution is 6.06. The summed E-state index contributed by atoms with van der Waals surface area (Å²) in [4.78, 5) is 37.7. The molecule has 0 spiro atoms. The molecule has 0 aromatic carbocycles.